The molecule has 1 aromatic heterocycles. The molecule has 0 saturated heterocycles. The maximum Gasteiger partial charge on any atom is 0.0948 e. The molecule has 0 aliphatic rings. The molecular weight excluding hydrogens is 292 g/mol. The zero-order chi connectivity index (χ0) is 14.5. The number of benzene rings is 1. The average Bonchev–Trinajstić information content (AvgIpc) is 2.79. The average molecular weight is 311 g/mol. The second-order valence-corrected chi connectivity index (χ2v) is 6.39. The number of halogens is 1. The van der Waals surface area contributed by atoms with Crippen molar-refractivity contribution in [2.45, 2.75) is 20.3 Å². The van der Waals surface area contributed by atoms with Crippen molar-refractivity contribution < 1.29 is 5.11 Å². The van der Waals surface area contributed by atoms with Gasteiger partial charge in [0.2, 0.25) is 0 Å². The van der Waals surface area contributed by atoms with Crippen LogP contribution in [0.3, 0.4) is 0 Å². The van der Waals surface area contributed by atoms with Gasteiger partial charge in [0.25, 0.3) is 0 Å². The van der Waals surface area contributed by atoms with Gasteiger partial charge in [0.1, 0.15) is 0 Å². The highest BCUT2D eigenvalue weighted by atomic mass is 35.5. The van der Waals surface area contributed by atoms with Crippen LogP contribution in [0.1, 0.15) is 15.4 Å². The first kappa shape index (κ1) is 15.4. The number of thiazole rings is 1. The minimum atomic E-state index is 0.173. The van der Waals surface area contributed by atoms with Crippen LogP contribution in [0.25, 0.3) is 11.3 Å². The monoisotopic (exact) mass is 310 g/mol. The van der Waals surface area contributed by atoms with Crippen LogP contribution >= 0.6 is 22.9 Å². The molecule has 0 amide bonds. The van der Waals surface area contributed by atoms with Gasteiger partial charge < -0.3 is 10.4 Å². The van der Waals surface area contributed by atoms with Crippen LogP contribution < -0.4 is 5.32 Å². The summed E-state index contributed by atoms with van der Waals surface area (Å²) >= 11 is 7.80. The highest BCUT2D eigenvalue weighted by Crippen LogP contribution is 2.30. The quantitative estimate of drug-likeness (QED) is 0.805. The van der Waals surface area contributed by atoms with Crippen LogP contribution in [0, 0.1) is 13.8 Å². The summed E-state index contributed by atoms with van der Waals surface area (Å²) < 4.78 is 0. The molecule has 2 rings (SSSR count). The smallest absolute Gasteiger partial charge is 0.0948 e. The van der Waals surface area contributed by atoms with Gasteiger partial charge in [-0.3, -0.25) is 0 Å². The van der Waals surface area contributed by atoms with Crippen molar-refractivity contribution in [2.75, 3.05) is 19.7 Å². The zero-order valence-corrected chi connectivity index (χ0v) is 13.3. The van der Waals surface area contributed by atoms with Gasteiger partial charge in [-0.2, -0.15) is 0 Å². The molecule has 0 spiro atoms. The predicted octanol–water partition coefficient (Wildman–Crippen LogP) is 3.20. The lowest BCUT2D eigenvalue weighted by molar-refractivity contribution is 0.293. The Morgan fingerprint density at radius 1 is 1.30 bits per heavy atom. The number of aliphatic hydroxyl groups excluding tert-OH is 1. The molecule has 2 N–H and O–H groups in total. The van der Waals surface area contributed by atoms with E-state index in [0.29, 0.717) is 6.54 Å². The van der Waals surface area contributed by atoms with E-state index in [4.69, 9.17) is 21.7 Å². The van der Waals surface area contributed by atoms with Gasteiger partial charge in [-0.1, -0.05) is 17.7 Å². The molecule has 0 aliphatic carbocycles. The van der Waals surface area contributed by atoms with Crippen molar-refractivity contribution in [2.24, 2.45) is 0 Å². The fraction of sp³-hybridized carbons (Fsp3) is 0.400. The Morgan fingerprint density at radius 3 is 2.80 bits per heavy atom. The number of hydrogen-bond acceptors (Lipinski definition) is 4. The molecule has 1 aromatic carbocycles. The van der Waals surface area contributed by atoms with Gasteiger partial charge in [0.15, 0.2) is 0 Å². The Balaban J connectivity index is 2.12. The van der Waals surface area contributed by atoms with Gasteiger partial charge >= 0.3 is 0 Å². The van der Waals surface area contributed by atoms with E-state index in [1.54, 1.807) is 11.3 Å². The fourth-order valence-corrected chi connectivity index (χ4v) is 3.09. The van der Waals surface area contributed by atoms with E-state index in [0.717, 1.165) is 39.8 Å². The number of aryl methyl sites for hydroxylation is 2. The number of nitrogens with zero attached hydrogens (tertiary/aromatic N) is 1. The molecular formula is C15H19ClN2OS. The molecule has 5 heteroatoms. The molecule has 0 atom stereocenters. The van der Waals surface area contributed by atoms with Gasteiger partial charge in [-0.25, -0.2) is 4.98 Å². The Morgan fingerprint density at radius 2 is 2.10 bits per heavy atom. The molecule has 1 heterocycles. The molecule has 20 heavy (non-hydrogen) atoms. The van der Waals surface area contributed by atoms with Crippen LogP contribution in [0.15, 0.2) is 18.2 Å². The first-order valence-corrected chi connectivity index (χ1v) is 7.85. The summed E-state index contributed by atoms with van der Waals surface area (Å²) in [5.74, 6) is 0. The Bertz CT molecular complexity index is 583. The van der Waals surface area contributed by atoms with Crippen molar-refractivity contribution in [3.05, 3.63) is 38.7 Å². The van der Waals surface area contributed by atoms with E-state index in [-0.39, 0.29) is 6.61 Å². The summed E-state index contributed by atoms with van der Waals surface area (Å²) in [5, 5.41) is 13.8. The summed E-state index contributed by atoms with van der Waals surface area (Å²) in [6.45, 7) is 5.75. The third-order valence-corrected chi connectivity index (χ3v) is 4.53. The maximum absolute atomic E-state index is 8.72. The van der Waals surface area contributed by atoms with Crippen LogP contribution in [-0.2, 0) is 6.42 Å². The van der Waals surface area contributed by atoms with Crippen molar-refractivity contribution in [3.8, 4) is 11.3 Å². The lowest BCUT2D eigenvalue weighted by Gasteiger charge is -2.02. The SMILES string of the molecule is Cc1cc(-c2nc(CCNCCO)sc2C)ccc1Cl. The first-order valence-electron chi connectivity index (χ1n) is 6.66. The molecule has 0 radical (unpaired) electrons. The second-order valence-electron chi connectivity index (χ2n) is 4.70. The number of aliphatic hydroxyl groups is 1. The number of hydrogen-bond donors (Lipinski definition) is 2. The van der Waals surface area contributed by atoms with Crippen molar-refractivity contribution in [1.82, 2.24) is 10.3 Å². The van der Waals surface area contributed by atoms with E-state index in [2.05, 4.69) is 18.3 Å². The lowest BCUT2D eigenvalue weighted by Crippen LogP contribution is -2.20. The Hall–Kier alpha value is -0.940. The summed E-state index contributed by atoms with van der Waals surface area (Å²) in [4.78, 5) is 5.95. The zero-order valence-electron chi connectivity index (χ0n) is 11.7. The third-order valence-electron chi connectivity index (χ3n) is 3.08. The first-order chi connectivity index (χ1) is 9.61. The standard InChI is InChI=1S/C15H19ClN2OS/c1-10-9-12(3-4-13(10)16)15-11(2)20-14(18-15)5-6-17-7-8-19/h3-4,9,17,19H,5-8H2,1-2H3. The van der Waals surface area contributed by atoms with Crippen LogP contribution in [0.5, 0.6) is 0 Å². The molecule has 0 bridgehead atoms. The van der Waals surface area contributed by atoms with Crippen LogP contribution in [0.4, 0.5) is 0 Å². The van der Waals surface area contributed by atoms with Crippen LogP contribution in [0.2, 0.25) is 5.02 Å². The molecule has 3 nitrogen and oxygen atoms in total. The predicted molar refractivity (Wildman–Crippen MR) is 85.7 cm³/mol. The molecule has 0 unspecified atom stereocenters. The third kappa shape index (κ3) is 3.79. The number of nitrogens with one attached hydrogen (secondary N) is 1. The van der Waals surface area contributed by atoms with Crippen molar-refractivity contribution >= 4 is 22.9 Å². The summed E-state index contributed by atoms with van der Waals surface area (Å²) in [7, 11) is 0. The van der Waals surface area contributed by atoms with E-state index in [1.165, 1.54) is 4.88 Å². The minimum Gasteiger partial charge on any atom is -0.395 e. The molecule has 2 aromatic rings. The lowest BCUT2D eigenvalue weighted by atomic mass is 10.1. The van der Waals surface area contributed by atoms with E-state index >= 15 is 0 Å². The van der Waals surface area contributed by atoms with Gasteiger partial charge in [0, 0.05) is 35.0 Å². The summed E-state index contributed by atoms with van der Waals surface area (Å²) in [6, 6.07) is 6.02. The van der Waals surface area contributed by atoms with Crippen molar-refractivity contribution in [1.29, 1.82) is 0 Å². The molecule has 0 aliphatic heterocycles. The van der Waals surface area contributed by atoms with Gasteiger partial charge in [-0.15, -0.1) is 11.3 Å². The van der Waals surface area contributed by atoms with Gasteiger partial charge in [0.05, 0.1) is 17.3 Å². The van der Waals surface area contributed by atoms with Crippen molar-refractivity contribution in [3.63, 3.8) is 0 Å². The Labute approximate surface area is 128 Å². The fourth-order valence-electron chi connectivity index (χ4n) is 2.02. The second kappa shape index (κ2) is 7.18. The highest BCUT2D eigenvalue weighted by molar-refractivity contribution is 7.12. The van der Waals surface area contributed by atoms with Crippen LogP contribution in [-0.4, -0.2) is 29.8 Å². The van der Waals surface area contributed by atoms with Gasteiger partial charge in [-0.05, 0) is 31.5 Å². The minimum absolute atomic E-state index is 0.173. The van der Waals surface area contributed by atoms with E-state index < -0.39 is 0 Å². The normalized spacial score (nSPS) is 11.0. The van der Waals surface area contributed by atoms with E-state index in [1.807, 2.05) is 19.1 Å². The van der Waals surface area contributed by atoms with E-state index in [9.17, 15) is 0 Å². The molecule has 108 valence electrons. The summed E-state index contributed by atoms with van der Waals surface area (Å²) in [5.41, 5.74) is 3.24. The maximum atomic E-state index is 8.72. The topological polar surface area (TPSA) is 45.2 Å². The summed E-state index contributed by atoms with van der Waals surface area (Å²) in [6.07, 6.45) is 0.887. The molecule has 0 saturated carbocycles. The number of aromatic nitrogens is 1. The Kier molecular flexibility index (Phi) is 5.54. The highest BCUT2D eigenvalue weighted by Gasteiger charge is 2.10. The largest absolute Gasteiger partial charge is 0.395 e. The molecule has 0 fully saturated rings. The number of rotatable bonds is 6.